The molecule has 4 heteroatoms. The van der Waals surface area contributed by atoms with E-state index in [-0.39, 0.29) is 5.41 Å². The fraction of sp³-hybridized carbons (Fsp3) is 0.400. The fourth-order valence-electron chi connectivity index (χ4n) is 1.67. The Morgan fingerprint density at radius 2 is 2.05 bits per heavy atom. The molecule has 1 aromatic carbocycles. The van der Waals surface area contributed by atoms with Crippen LogP contribution in [0.4, 0.5) is 5.69 Å². The quantitative estimate of drug-likeness (QED) is 0.662. The van der Waals surface area contributed by atoms with Gasteiger partial charge >= 0.3 is 0 Å². The SMILES string of the molecule is Cc1ccc(SCc2csc(C(C)(C)C)n2)c(N)c1. The number of thioether (sulfide) groups is 1. The smallest absolute Gasteiger partial charge is 0.0982 e. The Morgan fingerprint density at radius 1 is 1.32 bits per heavy atom. The van der Waals surface area contributed by atoms with E-state index in [0.29, 0.717) is 0 Å². The third-order valence-corrected chi connectivity index (χ3v) is 5.17. The second kappa shape index (κ2) is 5.55. The molecular weight excluding hydrogens is 272 g/mol. The molecule has 0 saturated carbocycles. The molecule has 0 radical (unpaired) electrons. The number of nitrogens with two attached hydrogens (primary N) is 1. The predicted molar refractivity (Wildman–Crippen MR) is 86.0 cm³/mol. The number of anilines is 1. The summed E-state index contributed by atoms with van der Waals surface area (Å²) in [4.78, 5) is 5.84. The molecule has 0 aliphatic heterocycles. The topological polar surface area (TPSA) is 38.9 Å². The van der Waals surface area contributed by atoms with Gasteiger partial charge in [-0.15, -0.1) is 23.1 Å². The van der Waals surface area contributed by atoms with Gasteiger partial charge in [0.1, 0.15) is 0 Å². The van der Waals surface area contributed by atoms with Crippen LogP contribution in [0, 0.1) is 6.92 Å². The molecule has 0 atom stereocenters. The predicted octanol–water partition coefficient (Wildman–Crippen LogP) is 4.62. The van der Waals surface area contributed by atoms with Crippen molar-refractivity contribution in [2.24, 2.45) is 0 Å². The monoisotopic (exact) mass is 292 g/mol. The first-order valence-electron chi connectivity index (χ1n) is 6.30. The second-order valence-corrected chi connectivity index (χ2v) is 7.60. The lowest BCUT2D eigenvalue weighted by Gasteiger charge is -2.13. The van der Waals surface area contributed by atoms with Gasteiger partial charge in [-0.2, -0.15) is 0 Å². The molecule has 0 fully saturated rings. The molecule has 0 spiro atoms. The summed E-state index contributed by atoms with van der Waals surface area (Å²) in [5, 5.41) is 3.35. The summed E-state index contributed by atoms with van der Waals surface area (Å²) in [7, 11) is 0. The van der Waals surface area contributed by atoms with E-state index in [2.05, 4.69) is 45.2 Å². The van der Waals surface area contributed by atoms with Crippen molar-refractivity contribution in [1.82, 2.24) is 4.98 Å². The van der Waals surface area contributed by atoms with Gasteiger partial charge in [0.2, 0.25) is 0 Å². The number of rotatable bonds is 3. The van der Waals surface area contributed by atoms with Crippen molar-refractivity contribution in [1.29, 1.82) is 0 Å². The number of hydrogen-bond donors (Lipinski definition) is 1. The highest BCUT2D eigenvalue weighted by Gasteiger charge is 2.17. The molecule has 2 nitrogen and oxygen atoms in total. The van der Waals surface area contributed by atoms with Gasteiger partial charge in [0.05, 0.1) is 10.7 Å². The minimum absolute atomic E-state index is 0.135. The van der Waals surface area contributed by atoms with Crippen LogP contribution in [-0.4, -0.2) is 4.98 Å². The van der Waals surface area contributed by atoms with E-state index in [9.17, 15) is 0 Å². The number of hydrogen-bond acceptors (Lipinski definition) is 4. The fourth-order valence-corrected chi connectivity index (χ4v) is 3.52. The van der Waals surface area contributed by atoms with Gasteiger partial charge in [-0.3, -0.25) is 0 Å². The van der Waals surface area contributed by atoms with E-state index < -0.39 is 0 Å². The summed E-state index contributed by atoms with van der Waals surface area (Å²) >= 11 is 3.49. The standard InChI is InChI=1S/C15H20N2S2/c1-10-5-6-13(12(16)7-10)18-8-11-9-19-14(17-11)15(2,3)4/h5-7,9H,8,16H2,1-4H3. The molecule has 2 aromatic rings. The minimum atomic E-state index is 0.135. The lowest BCUT2D eigenvalue weighted by Crippen LogP contribution is -2.10. The first-order valence-corrected chi connectivity index (χ1v) is 8.16. The van der Waals surface area contributed by atoms with Crippen LogP contribution in [0.15, 0.2) is 28.5 Å². The normalized spacial score (nSPS) is 11.8. The van der Waals surface area contributed by atoms with E-state index in [4.69, 9.17) is 10.7 Å². The van der Waals surface area contributed by atoms with E-state index in [0.717, 1.165) is 22.0 Å². The van der Waals surface area contributed by atoms with Crippen LogP contribution in [-0.2, 0) is 11.2 Å². The third-order valence-electron chi connectivity index (χ3n) is 2.73. The van der Waals surface area contributed by atoms with Crippen LogP contribution in [0.5, 0.6) is 0 Å². The van der Waals surface area contributed by atoms with Crippen molar-refractivity contribution in [3.63, 3.8) is 0 Å². The van der Waals surface area contributed by atoms with Crippen LogP contribution >= 0.6 is 23.1 Å². The highest BCUT2D eigenvalue weighted by atomic mass is 32.2. The Labute approximate surface area is 123 Å². The van der Waals surface area contributed by atoms with Gasteiger partial charge in [0.25, 0.3) is 0 Å². The van der Waals surface area contributed by atoms with E-state index >= 15 is 0 Å². The van der Waals surface area contributed by atoms with Crippen molar-refractivity contribution in [3.05, 3.63) is 39.8 Å². The van der Waals surface area contributed by atoms with E-state index in [1.807, 2.05) is 6.07 Å². The maximum atomic E-state index is 6.02. The van der Waals surface area contributed by atoms with Crippen LogP contribution in [0.1, 0.15) is 37.0 Å². The van der Waals surface area contributed by atoms with Crippen LogP contribution in [0.3, 0.4) is 0 Å². The molecule has 0 aliphatic rings. The zero-order valence-electron chi connectivity index (χ0n) is 11.9. The summed E-state index contributed by atoms with van der Waals surface area (Å²) in [6, 6.07) is 6.21. The Morgan fingerprint density at radius 3 is 2.63 bits per heavy atom. The molecule has 2 N–H and O–H groups in total. The van der Waals surface area contributed by atoms with Crippen LogP contribution in [0.2, 0.25) is 0 Å². The Bertz CT molecular complexity index is 568. The Kier molecular flexibility index (Phi) is 4.21. The maximum absolute atomic E-state index is 6.02. The number of aryl methyl sites for hydroxylation is 1. The van der Waals surface area contributed by atoms with Crippen LogP contribution in [0.25, 0.3) is 0 Å². The van der Waals surface area contributed by atoms with Gasteiger partial charge in [0, 0.05) is 27.1 Å². The van der Waals surface area contributed by atoms with Crippen LogP contribution < -0.4 is 5.73 Å². The van der Waals surface area contributed by atoms with Gasteiger partial charge in [-0.05, 0) is 24.6 Å². The number of nitrogen functional groups attached to an aromatic ring is 1. The molecule has 0 amide bonds. The van der Waals surface area contributed by atoms with Crippen molar-refractivity contribution in [3.8, 4) is 0 Å². The maximum Gasteiger partial charge on any atom is 0.0982 e. The first kappa shape index (κ1) is 14.4. The first-order chi connectivity index (χ1) is 8.86. The molecule has 102 valence electrons. The summed E-state index contributed by atoms with van der Waals surface area (Å²) in [6.45, 7) is 8.64. The molecule has 1 aromatic heterocycles. The lowest BCUT2D eigenvalue weighted by molar-refractivity contribution is 0.584. The molecule has 0 aliphatic carbocycles. The molecule has 0 saturated heterocycles. The van der Waals surface area contributed by atoms with Crippen molar-refractivity contribution < 1.29 is 0 Å². The number of aromatic nitrogens is 1. The zero-order valence-corrected chi connectivity index (χ0v) is 13.5. The summed E-state index contributed by atoms with van der Waals surface area (Å²) in [5.41, 5.74) is 9.35. The molecule has 1 heterocycles. The van der Waals surface area contributed by atoms with Gasteiger partial charge in [-0.1, -0.05) is 26.8 Å². The highest BCUT2D eigenvalue weighted by Crippen LogP contribution is 2.31. The molecular formula is C15H20N2S2. The zero-order chi connectivity index (χ0) is 14.0. The summed E-state index contributed by atoms with van der Waals surface area (Å²) < 4.78 is 0. The van der Waals surface area contributed by atoms with Gasteiger partial charge < -0.3 is 5.73 Å². The third kappa shape index (κ3) is 3.74. The summed E-state index contributed by atoms with van der Waals surface area (Å²) in [5.74, 6) is 0.875. The lowest BCUT2D eigenvalue weighted by atomic mass is 9.98. The summed E-state index contributed by atoms with van der Waals surface area (Å²) in [6.07, 6.45) is 0. The van der Waals surface area contributed by atoms with Crippen molar-refractivity contribution >= 4 is 28.8 Å². The van der Waals surface area contributed by atoms with Gasteiger partial charge in [0.15, 0.2) is 0 Å². The van der Waals surface area contributed by atoms with Gasteiger partial charge in [-0.25, -0.2) is 4.98 Å². The highest BCUT2D eigenvalue weighted by molar-refractivity contribution is 7.98. The molecule has 19 heavy (non-hydrogen) atoms. The minimum Gasteiger partial charge on any atom is -0.398 e. The number of benzene rings is 1. The second-order valence-electron chi connectivity index (χ2n) is 5.72. The molecule has 2 rings (SSSR count). The van der Waals surface area contributed by atoms with E-state index in [1.165, 1.54) is 10.6 Å². The molecule has 0 unspecified atom stereocenters. The van der Waals surface area contributed by atoms with E-state index in [1.54, 1.807) is 23.1 Å². The Hall–Kier alpha value is -1.00. The number of nitrogens with zero attached hydrogens (tertiary/aromatic N) is 1. The van der Waals surface area contributed by atoms with Crippen molar-refractivity contribution in [2.75, 3.05) is 5.73 Å². The average Bonchev–Trinajstić information content (AvgIpc) is 2.76. The number of thiazole rings is 1. The Balaban J connectivity index is 2.04. The average molecular weight is 292 g/mol. The molecule has 0 bridgehead atoms. The van der Waals surface area contributed by atoms with Crippen molar-refractivity contribution in [2.45, 2.75) is 43.8 Å². The largest absolute Gasteiger partial charge is 0.398 e.